The third-order valence-corrected chi connectivity index (χ3v) is 7.17. The highest BCUT2D eigenvalue weighted by Gasteiger charge is 2.26. The van der Waals surface area contributed by atoms with Gasteiger partial charge >= 0.3 is 0 Å². The third-order valence-electron chi connectivity index (χ3n) is 7.17. The molecule has 0 N–H and O–H groups in total. The first-order valence-corrected chi connectivity index (χ1v) is 12.3. The van der Waals surface area contributed by atoms with Gasteiger partial charge in [0.15, 0.2) is 5.65 Å². The summed E-state index contributed by atoms with van der Waals surface area (Å²) in [4.78, 5) is 22.7. The molecular formula is C29H33N5O. The minimum atomic E-state index is 0.0124. The van der Waals surface area contributed by atoms with Crippen molar-refractivity contribution >= 4 is 17.2 Å². The van der Waals surface area contributed by atoms with Gasteiger partial charge in [0, 0.05) is 49.7 Å². The molecule has 1 aliphatic heterocycles. The Morgan fingerprint density at radius 2 is 1.66 bits per heavy atom. The van der Waals surface area contributed by atoms with Crippen molar-refractivity contribution in [3.63, 3.8) is 0 Å². The van der Waals surface area contributed by atoms with Crippen molar-refractivity contribution in [2.24, 2.45) is 0 Å². The lowest BCUT2D eigenvalue weighted by Crippen LogP contribution is -2.49. The van der Waals surface area contributed by atoms with Crippen LogP contribution in [0.15, 0.2) is 48.7 Å². The maximum Gasteiger partial charge on any atom is 0.259 e. The van der Waals surface area contributed by atoms with E-state index in [2.05, 4.69) is 80.2 Å². The lowest BCUT2D eigenvalue weighted by Gasteiger charge is -2.36. The van der Waals surface area contributed by atoms with Crippen molar-refractivity contribution in [1.29, 1.82) is 0 Å². The standard InChI is InChI=1S/C29H33N5O/c1-19-7-6-8-24(15-19)17-25-22(4)31-28-26(18-30-34(28)23(25)5)29(35)33-13-11-32(12-14-33)27-16-20(2)9-10-21(27)3/h6-10,15-16,18H,11-14,17H2,1-5H3. The monoisotopic (exact) mass is 467 g/mol. The predicted molar refractivity (Wildman–Crippen MR) is 140 cm³/mol. The molecule has 0 aliphatic carbocycles. The zero-order valence-electron chi connectivity index (χ0n) is 21.3. The summed E-state index contributed by atoms with van der Waals surface area (Å²) in [5.74, 6) is 0.0124. The van der Waals surface area contributed by atoms with E-state index in [1.807, 2.05) is 16.3 Å². The number of rotatable bonds is 4. The Morgan fingerprint density at radius 1 is 0.914 bits per heavy atom. The molecule has 6 heteroatoms. The fourth-order valence-corrected chi connectivity index (χ4v) is 5.12. The van der Waals surface area contributed by atoms with Crippen LogP contribution in [0.5, 0.6) is 0 Å². The number of nitrogens with zero attached hydrogens (tertiary/aromatic N) is 5. The van der Waals surface area contributed by atoms with E-state index < -0.39 is 0 Å². The van der Waals surface area contributed by atoms with E-state index in [-0.39, 0.29) is 5.91 Å². The van der Waals surface area contributed by atoms with Gasteiger partial charge in [-0.25, -0.2) is 9.50 Å². The lowest BCUT2D eigenvalue weighted by molar-refractivity contribution is 0.0748. The quantitative estimate of drug-likeness (QED) is 0.432. The van der Waals surface area contributed by atoms with Crippen LogP contribution in [0.3, 0.4) is 0 Å². The van der Waals surface area contributed by atoms with Gasteiger partial charge in [0.25, 0.3) is 5.91 Å². The van der Waals surface area contributed by atoms with Crippen molar-refractivity contribution < 1.29 is 4.79 Å². The molecule has 1 saturated heterocycles. The Hall–Kier alpha value is -3.67. The first kappa shape index (κ1) is 23.1. The molecule has 2 aromatic heterocycles. The number of hydrogen-bond acceptors (Lipinski definition) is 4. The molecule has 0 atom stereocenters. The second-order valence-electron chi connectivity index (χ2n) is 9.79. The van der Waals surface area contributed by atoms with Gasteiger partial charge in [0.05, 0.1) is 6.20 Å². The summed E-state index contributed by atoms with van der Waals surface area (Å²) in [5.41, 5.74) is 10.7. The molecule has 1 amide bonds. The number of amides is 1. The number of fused-ring (bicyclic) bond motifs is 1. The number of carbonyl (C=O) groups excluding carboxylic acids is 1. The Balaban J connectivity index is 1.37. The van der Waals surface area contributed by atoms with Gasteiger partial charge in [-0.15, -0.1) is 0 Å². The summed E-state index contributed by atoms with van der Waals surface area (Å²) in [6, 6.07) is 15.1. The molecule has 0 bridgehead atoms. The van der Waals surface area contributed by atoms with Crippen LogP contribution in [0.25, 0.3) is 5.65 Å². The molecule has 0 saturated carbocycles. The third kappa shape index (κ3) is 4.41. The average molecular weight is 468 g/mol. The summed E-state index contributed by atoms with van der Waals surface area (Å²) in [5, 5.41) is 4.58. The topological polar surface area (TPSA) is 53.7 Å². The van der Waals surface area contributed by atoms with E-state index in [4.69, 9.17) is 4.98 Å². The van der Waals surface area contributed by atoms with Crippen molar-refractivity contribution in [3.8, 4) is 0 Å². The van der Waals surface area contributed by atoms with Crippen LogP contribution in [0.4, 0.5) is 5.69 Å². The summed E-state index contributed by atoms with van der Waals surface area (Å²) in [6.07, 6.45) is 2.48. The first-order chi connectivity index (χ1) is 16.8. The van der Waals surface area contributed by atoms with Gasteiger partial charge in [0.2, 0.25) is 0 Å². The smallest absolute Gasteiger partial charge is 0.259 e. The van der Waals surface area contributed by atoms with E-state index >= 15 is 0 Å². The molecule has 2 aromatic carbocycles. The minimum absolute atomic E-state index is 0.0124. The van der Waals surface area contributed by atoms with Gasteiger partial charge in [-0.2, -0.15) is 5.10 Å². The normalized spacial score (nSPS) is 14.1. The SMILES string of the molecule is Cc1cccc(Cc2c(C)nc3c(C(=O)N4CCN(c5cc(C)ccc5C)CC4)cnn3c2C)c1. The molecule has 0 spiro atoms. The zero-order valence-corrected chi connectivity index (χ0v) is 21.3. The molecular weight excluding hydrogens is 434 g/mol. The highest BCUT2D eigenvalue weighted by atomic mass is 16.2. The molecule has 3 heterocycles. The van der Waals surface area contributed by atoms with Crippen molar-refractivity contribution in [3.05, 3.63) is 93.4 Å². The van der Waals surface area contributed by atoms with E-state index in [0.717, 1.165) is 36.5 Å². The van der Waals surface area contributed by atoms with Crippen LogP contribution < -0.4 is 4.90 Å². The highest BCUT2D eigenvalue weighted by molar-refractivity contribution is 5.99. The van der Waals surface area contributed by atoms with Crippen molar-refractivity contribution in [2.75, 3.05) is 31.1 Å². The number of carbonyl (C=O) groups is 1. The first-order valence-electron chi connectivity index (χ1n) is 12.3. The van der Waals surface area contributed by atoms with Crippen molar-refractivity contribution in [2.45, 2.75) is 41.0 Å². The predicted octanol–water partition coefficient (Wildman–Crippen LogP) is 4.82. The maximum absolute atomic E-state index is 13.5. The maximum atomic E-state index is 13.5. The second-order valence-corrected chi connectivity index (χ2v) is 9.79. The van der Waals surface area contributed by atoms with Gasteiger partial charge in [-0.1, -0.05) is 42.0 Å². The summed E-state index contributed by atoms with van der Waals surface area (Å²) in [7, 11) is 0. The van der Waals surface area contributed by atoms with Gasteiger partial charge in [-0.3, -0.25) is 4.79 Å². The van der Waals surface area contributed by atoms with Crippen LogP contribution in [0.2, 0.25) is 0 Å². The van der Waals surface area contributed by atoms with Crippen LogP contribution in [-0.4, -0.2) is 51.6 Å². The molecule has 35 heavy (non-hydrogen) atoms. The van der Waals surface area contributed by atoms with Crippen molar-refractivity contribution in [1.82, 2.24) is 19.5 Å². The molecule has 0 unspecified atom stereocenters. The fraction of sp³-hybridized carbons (Fsp3) is 0.345. The number of aryl methyl sites for hydroxylation is 5. The number of hydrogen-bond donors (Lipinski definition) is 0. The Labute approximate surface area is 207 Å². The summed E-state index contributed by atoms with van der Waals surface area (Å²) >= 11 is 0. The molecule has 5 rings (SSSR count). The number of aromatic nitrogens is 3. The van der Waals surface area contributed by atoms with Crippen LogP contribution in [0, 0.1) is 34.6 Å². The lowest BCUT2D eigenvalue weighted by atomic mass is 10.0. The highest BCUT2D eigenvalue weighted by Crippen LogP contribution is 2.25. The van der Waals surface area contributed by atoms with Crippen LogP contribution in [0.1, 0.15) is 49.6 Å². The van der Waals surface area contributed by atoms with E-state index in [9.17, 15) is 4.79 Å². The van der Waals surface area contributed by atoms with E-state index in [1.54, 1.807) is 6.20 Å². The molecule has 4 aromatic rings. The molecule has 6 nitrogen and oxygen atoms in total. The van der Waals surface area contributed by atoms with Gasteiger partial charge in [-0.05, 0) is 62.9 Å². The fourth-order valence-electron chi connectivity index (χ4n) is 5.12. The second kappa shape index (κ2) is 9.17. The molecule has 0 radical (unpaired) electrons. The zero-order chi connectivity index (χ0) is 24.7. The average Bonchev–Trinajstić information content (AvgIpc) is 3.27. The van der Waals surface area contributed by atoms with E-state index in [0.29, 0.717) is 24.3 Å². The minimum Gasteiger partial charge on any atom is -0.368 e. The van der Waals surface area contributed by atoms with Crippen LogP contribution >= 0.6 is 0 Å². The Kier molecular flexibility index (Phi) is 6.05. The summed E-state index contributed by atoms with van der Waals surface area (Å²) < 4.78 is 1.83. The summed E-state index contributed by atoms with van der Waals surface area (Å²) in [6.45, 7) is 13.5. The number of benzene rings is 2. The number of anilines is 1. The molecule has 1 fully saturated rings. The largest absolute Gasteiger partial charge is 0.368 e. The van der Waals surface area contributed by atoms with Crippen LogP contribution in [-0.2, 0) is 6.42 Å². The van der Waals surface area contributed by atoms with Gasteiger partial charge < -0.3 is 9.80 Å². The Bertz CT molecular complexity index is 1410. The Morgan fingerprint density at radius 3 is 2.40 bits per heavy atom. The molecule has 1 aliphatic rings. The van der Waals surface area contributed by atoms with Gasteiger partial charge in [0.1, 0.15) is 5.56 Å². The van der Waals surface area contributed by atoms with E-state index in [1.165, 1.54) is 27.9 Å². The number of piperazine rings is 1. The molecule has 180 valence electrons.